The zero-order valence-electron chi connectivity index (χ0n) is 9.60. The van der Waals surface area contributed by atoms with E-state index in [0.717, 1.165) is 0 Å². The molecule has 0 N–H and O–H groups in total. The van der Waals surface area contributed by atoms with Crippen molar-refractivity contribution in [2.45, 2.75) is 32.0 Å². The lowest BCUT2D eigenvalue weighted by Crippen LogP contribution is -2.27. The Labute approximate surface area is 94.5 Å². The van der Waals surface area contributed by atoms with E-state index in [4.69, 9.17) is 0 Å². The highest BCUT2D eigenvalue weighted by Crippen LogP contribution is 2.16. The summed E-state index contributed by atoms with van der Waals surface area (Å²) in [6.07, 6.45) is 0. The van der Waals surface area contributed by atoms with Gasteiger partial charge in [0, 0.05) is 24.8 Å². The standard InChI is InChI=1S/C9H14FN3O2S/c1-6(2)13(4)8-5-7(3)11-9(12-8)16(10,14)15/h5-6H,1-4H3. The van der Waals surface area contributed by atoms with Crippen molar-refractivity contribution in [3.63, 3.8) is 0 Å². The van der Waals surface area contributed by atoms with Gasteiger partial charge in [0.15, 0.2) is 0 Å². The van der Waals surface area contributed by atoms with Gasteiger partial charge in [-0.2, -0.15) is 13.4 Å². The smallest absolute Gasteiger partial charge is 0.357 e. The molecule has 1 rings (SSSR count). The van der Waals surface area contributed by atoms with Crippen LogP contribution in [0.4, 0.5) is 9.70 Å². The Balaban J connectivity index is 3.29. The molecule has 0 radical (unpaired) electrons. The fourth-order valence-corrected chi connectivity index (χ4v) is 1.54. The van der Waals surface area contributed by atoms with Crippen molar-refractivity contribution in [1.29, 1.82) is 0 Å². The molecule has 0 unspecified atom stereocenters. The van der Waals surface area contributed by atoms with Crippen molar-refractivity contribution >= 4 is 16.0 Å². The monoisotopic (exact) mass is 247 g/mol. The van der Waals surface area contributed by atoms with E-state index in [9.17, 15) is 12.3 Å². The third-order valence-electron chi connectivity index (χ3n) is 2.17. The predicted molar refractivity (Wildman–Crippen MR) is 58.6 cm³/mol. The largest absolute Gasteiger partial charge is 0.368 e. The van der Waals surface area contributed by atoms with E-state index in [1.165, 1.54) is 0 Å². The second-order valence-electron chi connectivity index (χ2n) is 3.79. The van der Waals surface area contributed by atoms with Crippen LogP contribution in [-0.2, 0) is 10.2 Å². The molecule has 0 spiro atoms. The van der Waals surface area contributed by atoms with Crippen LogP contribution in [0.15, 0.2) is 11.2 Å². The lowest BCUT2D eigenvalue weighted by atomic mass is 10.3. The first-order valence-corrected chi connectivity index (χ1v) is 6.13. The number of aromatic nitrogens is 2. The summed E-state index contributed by atoms with van der Waals surface area (Å²) < 4.78 is 34.2. The second kappa shape index (κ2) is 4.32. The minimum Gasteiger partial charge on any atom is -0.357 e. The number of nitrogens with zero attached hydrogens (tertiary/aromatic N) is 3. The molecule has 90 valence electrons. The van der Waals surface area contributed by atoms with Gasteiger partial charge in [0.1, 0.15) is 5.82 Å². The van der Waals surface area contributed by atoms with Crippen molar-refractivity contribution in [2.24, 2.45) is 0 Å². The zero-order valence-corrected chi connectivity index (χ0v) is 10.4. The maximum absolute atomic E-state index is 12.8. The van der Waals surface area contributed by atoms with Crippen LogP contribution in [0.3, 0.4) is 0 Å². The maximum Gasteiger partial charge on any atom is 0.368 e. The lowest BCUT2D eigenvalue weighted by Gasteiger charge is -2.22. The minimum absolute atomic E-state index is 0.129. The van der Waals surface area contributed by atoms with Gasteiger partial charge in [-0.1, -0.05) is 3.89 Å². The quantitative estimate of drug-likeness (QED) is 0.595. The van der Waals surface area contributed by atoms with Crippen LogP contribution in [-0.4, -0.2) is 31.5 Å². The van der Waals surface area contributed by atoms with E-state index in [2.05, 4.69) is 9.97 Å². The summed E-state index contributed by atoms with van der Waals surface area (Å²) in [6, 6.07) is 1.73. The van der Waals surface area contributed by atoms with Crippen molar-refractivity contribution < 1.29 is 12.3 Å². The first kappa shape index (κ1) is 12.8. The predicted octanol–water partition coefficient (Wildman–Crippen LogP) is 1.29. The molecule has 1 aromatic heterocycles. The summed E-state index contributed by atoms with van der Waals surface area (Å²) in [4.78, 5) is 8.96. The molecule has 1 aromatic rings. The Morgan fingerprint density at radius 3 is 2.38 bits per heavy atom. The van der Waals surface area contributed by atoms with E-state index >= 15 is 0 Å². The summed E-state index contributed by atoms with van der Waals surface area (Å²) in [5, 5.41) is -0.782. The first-order chi connectivity index (χ1) is 7.21. The molecule has 0 bridgehead atoms. The van der Waals surface area contributed by atoms with E-state index in [1.54, 1.807) is 24.9 Å². The topological polar surface area (TPSA) is 63.2 Å². The Bertz CT molecular complexity index is 488. The summed E-state index contributed by atoms with van der Waals surface area (Å²) in [7, 11) is -3.10. The number of rotatable bonds is 3. The van der Waals surface area contributed by atoms with Crippen molar-refractivity contribution in [2.75, 3.05) is 11.9 Å². The molecule has 0 saturated carbocycles. The molecular weight excluding hydrogens is 233 g/mol. The van der Waals surface area contributed by atoms with Gasteiger partial charge in [0.05, 0.1) is 0 Å². The third kappa shape index (κ3) is 2.88. The van der Waals surface area contributed by atoms with Gasteiger partial charge >= 0.3 is 10.2 Å². The molecule has 7 heteroatoms. The number of hydrogen-bond donors (Lipinski definition) is 0. The van der Waals surface area contributed by atoms with Gasteiger partial charge in [0.25, 0.3) is 5.16 Å². The molecule has 16 heavy (non-hydrogen) atoms. The molecule has 0 aliphatic rings. The van der Waals surface area contributed by atoms with Crippen LogP contribution < -0.4 is 4.90 Å². The van der Waals surface area contributed by atoms with E-state index < -0.39 is 15.4 Å². The molecular formula is C9H14FN3O2S. The Kier molecular flexibility index (Phi) is 3.47. The van der Waals surface area contributed by atoms with E-state index in [1.807, 2.05) is 13.8 Å². The van der Waals surface area contributed by atoms with Crippen LogP contribution in [0.25, 0.3) is 0 Å². The van der Waals surface area contributed by atoms with Crippen LogP contribution in [0, 0.1) is 6.92 Å². The van der Waals surface area contributed by atoms with Crippen LogP contribution in [0.2, 0.25) is 0 Å². The molecule has 0 saturated heterocycles. The highest BCUT2D eigenvalue weighted by molar-refractivity contribution is 7.86. The fraction of sp³-hybridized carbons (Fsp3) is 0.556. The average Bonchev–Trinajstić information content (AvgIpc) is 2.14. The maximum atomic E-state index is 12.8. The zero-order chi connectivity index (χ0) is 12.5. The molecule has 0 fully saturated rings. The van der Waals surface area contributed by atoms with Crippen LogP contribution in [0.5, 0.6) is 0 Å². The number of anilines is 1. The van der Waals surface area contributed by atoms with Gasteiger partial charge in [-0.05, 0) is 20.8 Å². The van der Waals surface area contributed by atoms with Gasteiger partial charge < -0.3 is 4.90 Å². The van der Waals surface area contributed by atoms with Gasteiger partial charge in [0.2, 0.25) is 0 Å². The van der Waals surface area contributed by atoms with E-state index in [0.29, 0.717) is 11.5 Å². The SMILES string of the molecule is Cc1cc(N(C)C(C)C)nc(S(=O)(=O)F)n1. The minimum atomic E-state index is -4.86. The summed E-state index contributed by atoms with van der Waals surface area (Å²) in [5.74, 6) is 0.388. The summed E-state index contributed by atoms with van der Waals surface area (Å²) in [6.45, 7) is 5.43. The Hall–Kier alpha value is -1.24. The van der Waals surface area contributed by atoms with Crippen molar-refractivity contribution in [3.8, 4) is 0 Å². The molecule has 0 aromatic carbocycles. The molecule has 0 aliphatic heterocycles. The van der Waals surface area contributed by atoms with Crippen LogP contribution in [0.1, 0.15) is 19.5 Å². The fourth-order valence-electron chi connectivity index (χ4n) is 1.08. The molecule has 0 aliphatic carbocycles. The Morgan fingerprint density at radius 2 is 1.94 bits per heavy atom. The number of hydrogen-bond acceptors (Lipinski definition) is 5. The molecule has 0 amide bonds. The molecule has 0 atom stereocenters. The highest BCUT2D eigenvalue weighted by Gasteiger charge is 2.19. The third-order valence-corrected chi connectivity index (χ3v) is 2.79. The van der Waals surface area contributed by atoms with Crippen LogP contribution >= 0.6 is 0 Å². The second-order valence-corrected chi connectivity index (χ2v) is 5.03. The molecule has 5 nitrogen and oxygen atoms in total. The number of halogens is 1. The first-order valence-electron chi connectivity index (χ1n) is 4.75. The lowest BCUT2D eigenvalue weighted by molar-refractivity contribution is 0.540. The normalized spacial score (nSPS) is 11.9. The van der Waals surface area contributed by atoms with Gasteiger partial charge in [-0.3, -0.25) is 0 Å². The van der Waals surface area contributed by atoms with Gasteiger partial charge in [-0.15, -0.1) is 0 Å². The van der Waals surface area contributed by atoms with Crippen molar-refractivity contribution in [3.05, 3.63) is 11.8 Å². The number of aryl methyl sites for hydroxylation is 1. The summed E-state index contributed by atoms with van der Waals surface area (Å²) in [5.41, 5.74) is 0.411. The average molecular weight is 247 g/mol. The summed E-state index contributed by atoms with van der Waals surface area (Å²) >= 11 is 0. The van der Waals surface area contributed by atoms with Crippen molar-refractivity contribution in [1.82, 2.24) is 9.97 Å². The van der Waals surface area contributed by atoms with Gasteiger partial charge in [-0.25, -0.2) is 4.98 Å². The highest BCUT2D eigenvalue weighted by atomic mass is 32.3. The van der Waals surface area contributed by atoms with E-state index in [-0.39, 0.29) is 6.04 Å². The Morgan fingerprint density at radius 1 is 1.38 bits per heavy atom. The molecule has 1 heterocycles.